The molecule has 0 rings (SSSR count). The van der Waals surface area contributed by atoms with Crippen LogP contribution in [0.25, 0.3) is 0 Å². The molecule has 0 radical (unpaired) electrons. The number of rotatable bonds is 5. The van der Waals surface area contributed by atoms with Crippen LogP contribution >= 0.6 is 0 Å². The van der Waals surface area contributed by atoms with Crippen molar-refractivity contribution in [3.05, 3.63) is 0 Å². The fraction of sp³-hybridized carbons (Fsp3) is 0.800. The number of hydrogen-bond donors (Lipinski definition) is 3. The molecule has 0 saturated carbocycles. The summed E-state index contributed by atoms with van der Waals surface area (Å²) in [6.45, 7) is 6.95. The first kappa shape index (κ1) is 13.9. The number of hydrogen-bond acceptors (Lipinski definition) is 3. The van der Waals surface area contributed by atoms with E-state index in [-0.39, 0.29) is 11.8 Å². The molecule has 0 aromatic carbocycles. The molecular weight excluding hydrogens is 194 g/mol. The Kier molecular flexibility index (Phi) is 4.74. The van der Waals surface area contributed by atoms with Gasteiger partial charge in [0, 0.05) is 0 Å². The molecule has 0 bridgehead atoms. The van der Waals surface area contributed by atoms with Gasteiger partial charge in [0.05, 0.1) is 6.04 Å². The molecular formula is C10H21N3O2. The second-order valence-corrected chi connectivity index (χ2v) is 4.39. The standard InChI is InChI=1S/C10H21N3O2/c1-5-6(2)7(11)8(14)13-10(3,4)9(12)15/h6-7H,5,11H2,1-4H3,(H2,12,15)(H,13,14)/t6-,7-/m0/s1. The predicted octanol–water partition coefficient (Wildman–Crippen LogP) is -0.260. The SMILES string of the molecule is CC[C@H](C)[C@H](N)C(=O)NC(C)(C)C(N)=O. The van der Waals surface area contributed by atoms with Crippen LogP contribution in [0.3, 0.4) is 0 Å². The zero-order chi connectivity index (χ0) is 12.2. The Balaban J connectivity index is 4.43. The second-order valence-electron chi connectivity index (χ2n) is 4.39. The van der Waals surface area contributed by atoms with Crippen LogP contribution in [0.15, 0.2) is 0 Å². The van der Waals surface area contributed by atoms with Crippen molar-refractivity contribution < 1.29 is 9.59 Å². The number of carbonyl (C=O) groups excluding carboxylic acids is 2. The normalized spacial score (nSPS) is 15.5. The van der Waals surface area contributed by atoms with E-state index in [0.29, 0.717) is 0 Å². The highest BCUT2D eigenvalue weighted by molar-refractivity contribution is 5.91. The number of nitrogens with two attached hydrogens (primary N) is 2. The summed E-state index contributed by atoms with van der Waals surface area (Å²) in [5, 5.41) is 2.53. The van der Waals surface area contributed by atoms with Gasteiger partial charge in [-0.25, -0.2) is 0 Å². The Morgan fingerprint density at radius 1 is 1.40 bits per heavy atom. The molecule has 0 saturated heterocycles. The molecule has 0 aliphatic heterocycles. The molecule has 15 heavy (non-hydrogen) atoms. The zero-order valence-electron chi connectivity index (χ0n) is 9.83. The summed E-state index contributed by atoms with van der Waals surface area (Å²) in [5.41, 5.74) is 9.79. The molecule has 88 valence electrons. The highest BCUT2D eigenvalue weighted by atomic mass is 16.2. The average molecular weight is 215 g/mol. The molecule has 0 fully saturated rings. The first-order valence-corrected chi connectivity index (χ1v) is 5.09. The summed E-state index contributed by atoms with van der Waals surface area (Å²) in [6, 6.07) is -0.603. The molecule has 5 N–H and O–H groups in total. The van der Waals surface area contributed by atoms with Gasteiger partial charge in [-0.3, -0.25) is 9.59 Å². The highest BCUT2D eigenvalue weighted by Crippen LogP contribution is 2.07. The molecule has 2 atom stereocenters. The van der Waals surface area contributed by atoms with E-state index >= 15 is 0 Å². The molecule has 5 nitrogen and oxygen atoms in total. The summed E-state index contributed by atoms with van der Waals surface area (Å²) in [4.78, 5) is 22.6. The minimum absolute atomic E-state index is 0.0775. The molecule has 5 heteroatoms. The lowest BCUT2D eigenvalue weighted by molar-refractivity contribution is -0.131. The topological polar surface area (TPSA) is 98.2 Å². The maximum atomic E-state index is 11.6. The zero-order valence-corrected chi connectivity index (χ0v) is 9.83. The Bertz CT molecular complexity index is 251. The third kappa shape index (κ3) is 3.87. The van der Waals surface area contributed by atoms with E-state index in [1.165, 1.54) is 0 Å². The summed E-state index contributed by atoms with van der Waals surface area (Å²) in [5.74, 6) is -0.839. The van der Waals surface area contributed by atoms with Gasteiger partial charge in [0.25, 0.3) is 0 Å². The van der Waals surface area contributed by atoms with Crippen molar-refractivity contribution in [3.63, 3.8) is 0 Å². The van der Waals surface area contributed by atoms with Crippen molar-refractivity contribution >= 4 is 11.8 Å². The van der Waals surface area contributed by atoms with Crippen molar-refractivity contribution in [1.82, 2.24) is 5.32 Å². The number of nitrogens with one attached hydrogen (secondary N) is 1. The monoisotopic (exact) mass is 215 g/mol. The smallest absolute Gasteiger partial charge is 0.242 e. The number of amides is 2. The summed E-state index contributed by atoms with van der Waals surface area (Å²) in [7, 11) is 0. The van der Waals surface area contributed by atoms with Crippen molar-refractivity contribution in [2.45, 2.75) is 45.7 Å². The van der Waals surface area contributed by atoms with Gasteiger partial charge < -0.3 is 16.8 Å². The maximum absolute atomic E-state index is 11.6. The van der Waals surface area contributed by atoms with Gasteiger partial charge in [-0.2, -0.15) is 0 Å². The third-order valence-corrected chi connectivity index (χ3v) is 2.61. The predicted molar refractivity (Wildman–Crippen MR) is 58.8 cm³/mol. The minimum Gasteiger partial charge on any atom is -0.368 e. The summed E-state index contributed by atoms with van der Waals surface area (Å²) in [6.07, 6.45) is 0.811. The third-order valence-electron chi connectivity index (χ3n) is 2.61. The van der Waals surface area contributed by atoms with Crippen molar-refractivity contribution in [3.8, 4) is 0 Å². The van der Waals surface area contributed by atoms with Crippen LogP contribution in [0.5, 0.6) is 0 Å². The average Bonchev–Trinajstić information content (AvgIpc) is 2.14. The van der Waals surface area contributed by atoms with E-state index in [4.69, 9.17) is 11.5 Å². The van der Waals surface area contributed by atoms with Crippen LogP contribution in [0.4, 0.5) is 0 Å². The van der Waals surface area contributed by atoms with Gasteiger partial charge >= 0.3 is 0 Å². The van der Waals surface area contributed by atoms with Gasteiger partial charge in [0.2, 0.25) is 11.8 Å². The van der Waals surface area contributed by atoms with E-state index in [9.17, 15) is 9.59 Å². The van der Waals surface area contributed by atoms with Gasteiger partial charge in [-0.15, -0.1) is 0 Å². The van der Waals surface area contributed by atoms with Crippen LogP contribution in [-0.2, 0) is 9.59 Å². The van der Waals surface area contributed by atoms with Crippen LogP contribution in [0.2, 0.25) is 0 Å². The minimum atomic E-state index is -1.05. The van der Waals surface area contributed by atoms with E-state index in [2.05, 4.69) is 5.32 Å². The Hall–Kier alpha value is -1.10. The quantitative estimate of drug-likeness (QED) is 0.589. The lowest BCUT2D eigenvalue weighted by Crippen LogP contribution is -2.57. The van der Waals surface area contributed by atoms with Crippen LogP contribution in [0.1, 0.15) is 34.1 Å². The van der Waals surface area contributed by atoms with Gasteiger partial charge in [0.15, 0.2) is 0 Å². The second kappa shape index (κ2) is 5.11. The first-order valence-electron chi connectivity index (χ1n) is 5.09. The molecule has 0 aliphatic carbocycles. The van der Waals surface area contributed by atoms with E-state index in [1.807, 2.05) is 13.8 Å². The van der Waals surface area contributed by atoms with Crippen LogP contribution < -0.4 is 16.8 Å². The van der Waals surface area contributed by atoms with Gasteiger partial charge in [-0.05, 0) is 19.8 Å². The van der Waals surface area contributed by atoms with Crippen LogP contribution in [-0.4, -0.2) is 23.4 Å². The Morgan fingerprint density at radius 2 is 1.87 bits per heavy atom. The molecule has 0 spiro atoms. The Morgan fingerprint density at radius 3 is 2.20 bits per heavy atom. The van der Waals surface area contributed by atoms with Gasteiger partial charge in [0.1, 0.15) is 5.54 Å². The lowest BCUT2D eigenvalue weighted by Gasteiger charge is -2.26. The molecule has 0 aromatic heterocycles. The van der Waals surface area contributed by atoms with Crippen LogP contribution in [0, 0.1) is 5.92 Å². The fourth-order valence-electron chi connectivity index (χ4n) is 0.965. The molecule has 0 unspecified atom stereocenters. The van der Waals surface area contributed by atoms with E-state index in [1.54, 1.807) is 13.8 Å². The maximum Gasteiger partial charge on any atom is 0.242 e. The van der Waals surface area contributed by atoms with E-state index in [0.717, 1.165) is 6.42 Å². The van der Waals surface area contributed by atoms with Crippen molar-refractivity contribution in [1.29, 1.82) is 0 Å². The summed E-state index contributed by atoms with van der Waals surface area (Å²) >= 11 is 0. The number of primary amides is 1. The van der Waals surface area contributed by atoms with Crippen molar-refractivity contribution in [2.24, 2.45) is 17.4 Å². The largest absolute Gasteiger partial charge is 0.368 e. The summed E-state index contributed by atoms with van der Waals surface area (Å²) < 4.78 is 0. The number of carbonyl (C=O) groups is 2. The molecule has 0 aromatic rings. The van der Waals surface area contributed by atoms with E-state index < -0.39 is 17.5 Å². The highest BCUT2D eigenvalue weighted by Gasteiger charge is 2.30. The fourth-order valence-corrected chi connectivity index (χ4v) is 0.965. The van der Waals surface area contributed by atoms with Crippen molar-refractivity contribution in [2.75, 3.05) is 0 Å². The molecule has 0 aliphatic rings. The molecule has 0 heterocycles. The van der Waals surface area contributed by atoms with Gasteiger partial charge in [-0.1, -0.05) is 20.3 Å². The lowest BCUT2D eigenvalue weighted by atomic mass is 9.97. The Labute approximate surface area is 90.6 Å². The first-order chi connectivity index (χ1) is 6.72. The molecule has 2 amide bonds.